The van der Waals surface area contributed by atoms with Gasteiger partial charge in [-0.3, -0.25) is 4.79 Å². The van der Waals surface area contributed by atoms with Crippen LogP contribution in [0.3, 0.4) is 0 Å². The highest BCUT2D eigenvalue weighted by molar-refractivity contribution is 5.92. The molecule has 0 spiro atoms. The number of aromatic hydroxyl groups is 2. The predicted molar refractivity (Wildman–Crippen MR) is 123 cm³/mol. The maximum absolute atomic E-state index is 14.3. The van der Waals surface area contributed by atoms with E-state index in [-0.39, 0.29) is 23.3 Å². The Morgan fingerprint density at radius 2 is 1.10 bits per heavy atom. The molecule has 0 saturated carbocycles. The first-order valence-electron chi connectivity index (χ1n) is 10.9. The second kappa shape index (κ2) is 10.0. The predicted octanol–water partition coefficient (Wildman–Crippen LogP) is 5.57. The monoisotopic (exact) mass is 411 g/mol. The van der Waals surface area contributed by atoms with Crippen LogP contribution in [0.25, 0.3) is 0 Å². The summed E-state index contributed by atoms with van der Waals surface area (Å²) >= 11 is 0. The number of phenolic OH excluding ortho intramolecular Hbond substituents is 2. The minimum Gasteiger partial charge on any atom is -0.508 e. The molecule has 0 bridgehead atoms. The van der Waals surface area contributed by atoms with Crippen molar-refractivity contribution in [2.75, 3.05) is 13.1 Å². The molecule has 1 amide bonds. The quantitative estimate of drug-likeness (QED) is 0.567. The van der Waals surface area contributed by atoms with Gasteiger partial charge in [0.25, 0.3) is 0 Å². The van der Waals surface area contributed by atoms with Crippen LogP contribution in [-0.4, -0.2) is 34.1 Å². The first-order valence-corrected chi connectivity index (χ1v) is 10.9. The van der Waals surface area contributed by atoms with Crippen molar-refractivity contribution >= 4 is 5.91 Å². The second-order valence-corrected chi connectivity index (χ2v) is 9.59. The molecule has 4 nitrogen and oxygen atoms in total. The maximum Gasteiger partial charge on any atom is 0.237 e. The average Bonchev–Trinajstić information content (AvgIpc) is 2.65. The summed E-state index contributed by atoms with van der Waals surface area (Å²) < 4.78 is 0. The summed E-state index contributed by atoms with van der Waals surface area (Å²) in [5, 5.41) is 19.7. The second-order valence-electron chi connectivity index (χ2n) is 9.59. The lowest BCUT2D eigenvalue weighted by molar-refractivity contribution is -0.137. The fraction of sp³-hybridized carbons (Fsp3) is 0.500. The van der Waals surface area contributed by atoms with E-state index in [2.05, 4.69) is 41.5 Å². The van der Waals surface area contributed by atoms with Crippen molar-refractivity contribution in [1.82, 2.24) is 4.90 Å². The number of rotatable bonds is 9. The normalized spacial score (nSPS) is 12.0. The van der Waals surface area contributed by atoms with Crippen molar-refractivity contribution in [1.29, 1.82) is 0 Å². The van der Waals surface area contributed by atoms with Gasteiger partial charge < -0.3 is 15.1 Å². The van der Waals surface area contributed by atoms with Gasteiger partial charge in [0.1, 0.15) is 11.5 Å². The van der Waals surface area contributed by atoms with E-state index in [9.17, 15) is 15.0 Å². The molecule has 0 aromatic heterocycles. The van der Waals surface area contributed by atoms with E-state index < -0.39 is 5.41 Å². The molecule has 4 heteroatoms. The molecule has 0 atom stereocenters. The largest absolute Gasteiger partial charge is 0.508 e. The molecule has 2 aromatic rings. The molecule has 0 fully saturated rings. The number of carbonyl (C=O) groups excluding carboxylic acids is 1. The lowest BCUT2D eigenvalue weighted by Gasteiger charge is -2.40. The van der Waals surface area contributed by atoms with Crippen molar-refractivity contribution in [3.63, 3.8) is 0 Å². The van der Waals surface area contributed by atoms with Crippen LogP contribution >= 0.6 is 0 Å². The molecule has 0 radical (unpaired) electrons. The Morgan fingerprint density at radius 1 is 0.733 bits per heavy atom. The zero-order chi connectivity index (χ0) is 22.5. The fourth-order valence-corrected chi connectivity index (χ4v) is 4.23. The number of nitrogens with zero attached hydrogens (tertiary/aromatic N) is 1. The molecule has 2 aromatic carbocycles. The summed E-state index contributed by atoms with van der Waals surface area (Å²) in [6.07, 6.45) is 0.633. The van der Waals surface area contributed by atoms with Crippen molar-refractivity contribution in [2.45, 2.75) is 53.4 Å². The number of amides is 1. The lowest BCUT2D eigenvalue weighted by Crippen LogP contribution is -2.50. The van der Waals surface area contributed by atoms with Gasteiger partial charge in [-0.15, -0.1) is 0 Å². The van der Waals surface area contributed by atoms with Crippen LogP contribution in [0.15, 0.2) is 48.5 Å². The van der Waals surface area contributed by atoms with Crippen LogP contribution in [0.5, 0.6) is 11.5 Å². The minimum atomic E-state index is -0.890. The van der Waals surface area contributed by atoms with Crippen LogP contribution in [-0.2, 0) is 10.2 Å². The summed E-state index contributed by atoms with van der Waals surface area (Å²) in [5.74, 6) is 1.40. The van der Waals surface area contributed by atoms with E-state index in [1.807, 2.05) is 29.2 Å². The summed E-state index contributed by atoms with van der Waals surface area (Å²) in [6.45, 7) is 14.1. The van der Waals surface area contributed by atoms with Gasteiger partial charge in [0.05, 0.1) is 5.41 Å². The van der Waals surface area contributed by atoms with Crippen molar-refractivity contribution in [3.05, 3.63) is 59.7 Å². The molecule has 2 rings (SSSR count). The van der Waals surface area contributed by atoms with E-state index >= 15 is 0 Å². The first kappa shape index (κ1) is 23.8. The SMILES string of the molecule is CC(C)CN(CC(C)C)C(=O)C(CC(C)C)(c1ccc(O)cc1)c1ccc(O)cc1. The van der Waals surface area contributed by atoms with Crippen LogP contribution in [0.4, 0.5) is 0 Å². The van der Waals surface area contributed by atoms with Gasteiger partial charge in [-0.25, -0.2) is 0 Å². The Bertz CT molecular complexity index is 752. The molecule has 0 heterocycles. The Morgan fingerprint density at radius 3 is 1.40 bits per heavy atom. The zero-order valence-electron chi connectivity index (χ0n) is 19.2. The molecule has 2 N–H and O–H groups in total. The van der Waals surface area contributed by atoms with Crippen molar-refractivity contribution < 1.29 is 15.0 Å². The third-order valence-electron chi connectivity index (χ3n) is 5.26. The Kier molecular flexibility index (Phi) is 7.94. The highest BCUT2D eigenvalue weighted by Crippen LogP contribution is 2.41. The third kappa shape index (κ3) is 5.56. The van der Waals surface area contributed by atoms with Crippen molar-refractivity contribution in [2.24, 2.45) is 17.8 Å². The number of hydrogen-bond acceptors (Lipinski definition) is 3. The molecular weight excluding hydrogens is 374 g/mol. The standard InChI is InChI=1S/C26H37NO3/c1-18(2)15-26(21-7-11-23(28)12-8-21,22-9-13-24(29)14-10-22)25(30)27(16-19(3)4)17-20(5)6/h7-14,18-20,28-29H,15-17H2,1-6H3. The first-order chi connectivity index (χ1) is 14.1. The molecule has 0 aliphatic rings. The van der Waals surface area contributed by atoms with E-state index in [4.69, 9.17) is 0 Å². The van der Waals surface area contributed by atoms with E-state index in [0.29, 0.717) is 31.3 Å². The van der Waals surface area contributed by atoms with E-state index in [1.54, 1.807) is 24.3 Å². The lowest BCUT2D eigenvalue weighted by atomic mass is 9.68. The summed E-state index contributed by atoms with van der Waals surface area (Å²) in [4.78, 5) is 16.3. The molecule has 0 unspecified atom stereocenters. The van der Waals surface area contributed by atoms with Gasteiger partial charge >= 0.3 is 0 Å². The average molecular weight is 412 g/mol. The highest BCUT2D eigenvalue weighted by atomic mass is 16.3. The van der Waals surface area contributed by atoms with Gasteiger partial charge in [-0.2, -0.15) is 0 Å². The molecule has 0 aliphatic carbocycles. The number of phenols is 2. The topological polar surface area (TPSA) is 60.8 Å². The smallest absolute Gasteiger partial charge is 0.237 e. The number of hydrogen-bond donors (Lipinski definition) is 2. The summed E-state index contributed by atoms with van der Waals surface area (Å²) in [5.41, 5.74) is 0.837. The van der Waals surface area contributed by atoms with Gasteiger partial charge in [0.15, 0.2) is 0 Å². The Hall–Kier alpha value is -2.49. The van der Waals surface area contributed by atoms with Crippen LogP contribution in [0.2, 0.25) is 0 Å². The number of benzene rings is 2. The van der Waals surface area contributed by atoms with E-state index in [1.165, 1.54) is 0 Å². The van der Waals surface area contributed by atoms with Crippen LogP contribution < -0.4 is 0 Å². The Labute approximate surface area is 181 Å². The molecule has 0 aliphatic heterocycles. The van der Waals surface area contributed by atoms with Crippen molar-refractivity contribution in [3.8, 4) is 11.5 Å². The fourth-order valence-electron chi connectivity index (χ4n) is 4.23. The maximum atomic E-state index is 14.3. The third-order valence-corrected chi connectivity index (χ3v) is 5.26. The molecule has 30 heavy (non-hydrogen) atoms. The summed E-state index contributed by atoms with van der Waals surface area (Å²) in [7, 11) is 0. The summed E-state index contributed by atoms with van der Waals surface area (Å²) in [6, 6.07) is 14.0. The Balaban J connectivity index is 2.74. The highest BCUT2D eigenvalue weighted by Gasteiger charge is 2.45. The van der Waals surface area contributed by atoms with Gasteiger partial charge in [-0.05, 0) is 59.6 Å². The number of carbonyl (C=O) groups is 1. The zero-order valence-corrected chi connectivity index (χ0v) is 19.2. The van der Waals surface area contributed by atoms with Gasteiger partial charge in [-0.1, -0.05) is 65.8 Å². The van der Waals surface area contributed by atoms with Gasteiger partial charge in [0.2, 0.25) is 5.91 Å². The molecule has 164 valence electrons. The van der Waals surface area contributed by atoms with E-state index in [0.717, 1.165) is 11.1 Å². The minimum absolute atomic E-state index is 0.0787. The van der Waals surface area contributed by atoms with Crippen LogP contribution in [0, 0.1) is 17.8 Å². The van der Waals surface area contributed by atoms with Crippen LogP contribution in [0.1, 0.15) is 59.1 Å². The van der Waals surface area contributed by atoms with Gasteiger partial charge in [0, 0.05) is 13.1 Å². The molecular formula is C26H37NO3. The molecule has 0 saturated heterocycles.